The van der Waals surface area contributed by atoms with E-state index in [4.69, 9.17) is 11.6 Å². The molecule has 2 amide bonds. The Balaban J connectivity index is 1.90. The third-order valence-electron chi connectivity index (χ3n) is 3.01. The highest BCUT2D eigenvalue weighted by Gasteiger charge is 2.23. The van der Waals surface area contributed by atoms with Gasteiger partial charge in [0.25, 0.3) is 0 Å². The van der Waals surface area contributed by atoms with Gasteiger partial charge in [-0.1, -0.05) is 11.6 Å². The van der Waals surface area contributed by atoms with Crippen LogP contribution in [0.15, 0.2) is 12.4 Å². The smallest absolute Gasteiger partial charge is 0.321 e. The van der Waals surface area contributed by atoms with E-state index in [0.29, 0.717) is 5.82 Å². The second kappa shape index (κ2) is 5.86. The van der Waals surface area contributed by atoms with Gasteiger partial charge in [0.15, 0.2) is 11.0 Å². The summed E-state index contributed by atoms with van der Waals surface area (Å²) >= 11 is 5.82. The van der Waals surface area contributed by atoms with Crippen LogP contribution in [0.1, 0.15) is 26.2 Å². The van der Waals surface area contributed by atoms with E-state index in [-0.39, 0.29) is 17.2 Å². The van der Waals surface area contributed by atoms with Crippen LogP contribution in [0.5, 0.6) is 0 Å². The number of nitrogens with one attached hydrogen (secondary N) is 2. The first-order chi connectivity index (χ1) is 8.68. The Morgan fingerprint density at radius 1 is 1.44 bits per heavy atom. The number of urea groups is 1. The molecule has 1 aliphatic rings. The standard InChI is InChI=1S/C11H16ClN5O/c1-8-4-2-3-7-17(8)11(18)16-15-10-9(12)13-5-6-14-10/h5-6,8H,2-4,7H2,1H3,(H,14,15)(H,16,18)/t8-/m0/s1. The van der Waals surface area contributed by atoms with Crippen LogP contribution in [0.25, 0.3) is 0 Å². The van der Waals surface area contributed by atoms with E-state index in [0.717, 1.165) is 19.4 Å². The SMILES string of the molecule is C[C@H]1CCCCN1C(=O)NNc1nccnc1Cl. The predicted octanol–water partition coefficient (Wildman–Crippen LogP) is 2.04. The van der Waals surface area contributed by atoms with E-state index in [1.54, 1.807) is 4.90 Å². The molecule has 1 aliphatic heterocycles. The summed E-state index contributed by atoms with van der Waals surface area (Å²) in [5, 5.41) is 0.226. The van der Waals surface area contributed by atoms with Crippen LogP contribution in [0.3, 0.4) is 0 Å². The molecule has 1 fully saturated rings. The second-order valence-electron chi connectivity index (χ2n) is 4.29. The van der Waals surface area contributed by atoms with E-state index in [1.165, 1.54) is 18.8 Å². The minimum Gasteiger partial charge on any atom is -0.321 e. The molecule has 0 spiro atoms. The highest BCUT2D eigenvalue weighted by Crippen LogP contribution is 2.17. The van der Waals surface area contributed by atoms with Crippen molar-refractivity contribution in [2.45, 2.75) is 32.2 Å². The molecule has 0 aliphatic carbocycles. The number of carbonyl (C=O) groups is 1. The molecule has 1 saturated heterocycles. The van der Waals surface area contributed by atoms with Crippen molar-refractivity contribution in [2.75, 3.05) is 12.0 Å². The molecule has 98 valence electrons. The largest absolute Gasteiger partial charge is 0.336 e. The number of anilines is 1. The van der Waals surface area contributed by atoms with Gasteiger partial charge < -0.3 is 4.90 Å². The molecule has 1 aromatic rings. The van der Waals surface area contributed by atoms with Crippen LogP contribution in [-0.2, 0) is 0 Å². The molecule has 0 bridgehead atoms. The number of aromatic nitrogens is 2. The van der Waals surface area contributed by atoms with Crippen molar-refractivity contribution in [1.29, 1.82) is 0 Å². The summed E-state index contributed by atoms with van der Waals surface area (Å²) in [6.07, 6.45) is 6.25. The predicted molar refractivity (Wildman–Crippen MR) is 69.2 cm³/mol. The number of halogens is 1. The molecular formula is C11H16ClN5O. The van der Waals surface area contributed by atoms with Crippen molar-refractivity contribution in [1.82, 2.24) is 20.3 Å². The Labute approximate surface area is 111 Å². The van der Waals surface area contributed by atoms with Crippen molar-refractivity contribution in [3.63, 3.8) is 0 Å². The third kappa shape index (κ3) is 3.01. The van der Waals surface area contributed by atoms with Crippen molar-refractivity contribution in [2.24, 2.45) is 0 Å². The van der Waals surface area contributed by atoms with Gasteiger partial charge in [0.1, 0.15) is 0 Å². The number of likely N-dealkylation sites (tertiary alicyclic amines) is 1. The molecular weight excluding hydrogens is 254 g/mol. The monoisotopic (exact) mass is 269 g/mol. The number of carbonyl (C=O) groups excluding carboxylic acids is 1. The van der Waals surface area contributed by atoms with E-state index in [1.807, 2.05) is 6.92 Å². The first kappa shape index (κ1) is 12.9. The van der Waals surface area contributed by atoms with Gasteiger partial charge in [0.2, 0.25) is 0 Å². The quantitative estimate of drug-likeness (QED) is 0.806. The van der Waals surface area contributed by atoms with Crippen LogP contribution >= 0.6 is 11.6 Å². The summed E-state index contributed by atoms with van der Waals surface area (Å²) in [5.74, 6) is 0.345. The highest BCUT2D eigenvalue weighted by atomic mass is 35.5. The molecule has 2 rings (SSSR count). The summed E-state index contributed by atoms with van der Waals surface area (Å²) in [7, 11) is 0. The van der Waals surface area contributed by atoms with Gasteiger partial charge in [-0.05, 0) is 26.2 Å². The fourth-order valence-electron chi connectivity index (χ4n) is 1.99. The van der Waals surface area contributed by atoms with Gasteiger partial charge in [-0.2, -0.15) is 0 Å². The van der Waals surface area contributed by atoms with Gasteiger partial charge in [0, 0.05) is 25.0 Å². The fourth-order valence-corrected chi connectivity index (χ4v) is 2.14. The van der Waals surface area contributed by atoms with Gasteiger partial charge in [-0.15, -0.1) is 0 Å². The lowest BCUT2D eigenvalue weighted by Gasteiger charge is -2.33. The van der Waals surface area contributed by atoms with E-state index < -0.39 is 0 Å². The Hall–Kier alpha value is -1.56. The number of hydrogen-bond donors (Lipinski definition) is 2. The van der Waals surface area contributed by atoms with Gasteiger partial charge in [-0.3, -0.25) is 10.9 Å². The zero-order chi connectivity index (χ0) is 13.0. The molecule has 18 heavy (non-hydrogen) atoms. The highest BCUT2D eigenvalue weighted by molar-refractivity contribution is 6.31. The number of rotatable bonds is 2. The van der Waals surface area contributed by atoms with Crippen LogP contribution in [0.4, 0.5) is 10.6 Å². The lowest BCUT2D eigenvalue weighted by atomic mass is 10.0. The Bertz CT molecular complexity index is 428. The summed E-state index contributed by atoms with van der Waals surface area (Å²) < 4.78 is 0. The zero-order valence-electron chi connectivity index (χ0n) is 10.2. The molecule has 0 radical (unpaired) electrons. The maximum absolute atomic E-state index is 12.0. The molecule has 1 atom stereocenters. The number of piperidine rings is 1. The lowest BCUT2D eigenvalue weighted by molar-refractivity contribution is 0.160. The average molecular weight is 270 g/mol. The average Bonchev–Trinajstić information content (AvgIpc) is 2.38. The number of amides is 2. The molecule has 2 N–H and O–H groups in total. The van der Waals surface area contributed by atoms with E-state index >= 15 is 0 Å². The third-order valence-corrected chi connectivity index (χ3v) is 3.28. The van der Waals surface area contributed by atoms with Crippen molar-refractivity contribution < 1.29 is 4.79 Å². The van der Waals surface area contributed by atoms with Crippen LogP contribution in [0.2, 0.25) is 5.15 Å². The lowest BCUT2D eigenvalue weighted by Crippen LogP contribution is -2.49. The zero-order valence-corrected chi connectivity index (χ0v) is 10.9. The van der Waals surface area contributed by atoms with E-state index in [2.05, 4.69) is 20.8 Å². The molecule has 2 heterocycles. The first-order valence-electron chi connectivity index (χ1n) is 5.97. The summed E-state index contributed by atoms with van der Waals surface area (Å²) in [4.78, 5) is 21.6. The summed E-state index contributed by atoms with van der Waals surface area (Å²) in [5.41, 5.74) is 5.27. The maximum atomic E-state index is 12.0. The maximum Gasteiger partial charge on any atom is 0.336 e. The molecule has 0 saturated carbocycles. The van der Waals surface area contributed by atoms with Crippen LogP contribution in [-0.4, -0.2) is 33.5 Å². The second-order valence-corrected chi connectivity index (χ2v) is 4.65. The molecule has 6 nitrogen and oxygen atoms in total. The molecule has 7 heteroatoms. The molecule has 1 aromatic heterocycles. The van der Waals surface area contributed by atoms with Gasteiger partial charge >= 0.3 is 6.03 Å². The molecule has 0 aromatic carbocycles. The summed E-state index contributed by atoms with van der Waals surface area (Å²) in [6.45, 7) is 2.83. The van der Waals surface area contributed by atoms with Crippen molar-refractivity contribution in [3.8, 4) is 0 Å². The normalized spacial score (nSPS) is 19.4. The Morgan fingerprint density at radius 3 is 2.94 bits per heavy atom. The van der Waals surface area contributed by atoms with E-state index in [9.17, 15) is 4.79 Å². The molecule has 0 unspecified atom stereocenters. The number of hydrogen-bond acceptors (Lipinski definition) is 4. The van der Waals surface area contributed by atoms with Crippen molar-refractivity contribution >= 4 is 23.4 Å². The van der Waals surface area contributed by atoms with Crippen LogP contribution in [0, 0.1) is 0 Å². The van der Waals surface area contributed by atoms with Gasteiger partial charge in [-0.25, -0.2) is 14.8 Å². The Kier molecular flexibility index (Phi) is 4.19. The number of hydrazine groups is 1. The van der Waals surface area contributed by atoms with Crippen molar-refractivity contribution in [3.05, 3.63) is 17.5 Å². The fraction of sp³-hybridized carbons (Fsp3) is 0.545. The summed E-state index contributed by atoms with van der Waals surface area (Å²) in [6, 6.07) is 0.0989. The van der Waals surface area contributed by atoms with Gasteiger partial charge in [0.05, 0.1) is 0 Å². The minimum atomic E-state index is -0.163. The number of nitrogens with zero attached hydrogens (tertiary/aromatic N) is 3. The first-order valence-corrected chi connectivity index (χ1v) is 6.35. The minimum absolute atomic E-state index is 0.163. The Morgan fingerprint density at radius 2 is 2.22 bits per heavy atom. The van der Waals surface area contributed by atoms with Crippen LogP contribution < -0.4 is 10.9 Å². The topological polar surface area (TPSA) is 70.2 Å².